The Morgan fingerprint density at radius 2 is 2.21 bits per heavy atom. The molecule has 1 aliphatic rings. The molecule has 19 heavy (non-hydrogen) atoms. The van der Waals surface area contributed by atoms with Crippen molar-refractivity contribution < 1.29 is 4.74 Å². The van der Waals surface area contributed by atoms with Gasteiger partial charge in [0.2, 0.25) is 0 Å². The lowest BCUT2D eigenvalue weighted by molar-refractivity contribution is 0.321. The summed E-state index contributed by atoms with van der Waals surface area (Å²) in [6.45, 7) is 6.29. The molecular weight excluding hydrogens is 242 g/mol. The largest absolute Gasteiger partial charge is 0.475 e. The summed E-state index contributed by atoms with van der Waals surface area (Å²) >= 11 is 0. The summed E-state index contributed by atoms with van der Waals surface area (Å²) in [7, 11) is 0. The van der Waals surface area contributed by atoms with E-state index in [1.165, 1.54) is 0 Å². The zero-order valence-electron chi connectivity index (χ0n) is 11.2. The molecule has 0 bridgehead atoms. The lowest BCUT2D eigenvalue weighted by Crippen LogP contribution is -2.27. The van der Waals surface area contributed by atoms with Gasteiger partial charge in [-0.3, -0.25) is 0 Å². The Hall–Kier alpha value is -2.11. The highest BCUT2D eigenvalue weighted by Gasteiger charge is 2.17. The second kappa shape index (κ2) is 4.87. The first-order valence-corrected chi connectivity index (χ1v) is 6.55. The van der Waals surface area contributed by atoms with E-state index in [2.05, 4.69) is 32.3 Å². The Morgan fingerprint density at radius 3 is 2.95 bits per heavy atom. The van der Waals surface area contributed by atoms with Gasteiger partial charge < -0.3 is 9.64 Å². The van der Waals surface area contributed by atoms with Gasteiger partial charge in [0, 0.05) is 19.2 Å². The van der Waals surface area contributed by atoms with Crippen molar-refractivity contribution in [1.82, 2.24) is 19.8 Å². The number of rotatable bonds is 3. The first-order chi connectivity index (χ1) is 9.29. The van der Waals surface area contributed by atoms with Gasteiger partial charge in [-0.15, -0.1) is 15.3 Å². The summed E-state index contributed by atoms with van der Waals surface area (Å²) < 4.78 is 7.39. The number of aryl methyl sites for hydroxylation is 1. The summed E-state index contributed by atoms with van der Waals surface area (Å²) in [4.78, 5) is 2.25. The van der Waals surface area contributed by atoms with Gasteiger partial charge in [0.15, 0.2) is 11.5 Å². The molecule has 100 valence electrons. The molecule has 0 fully saturated rings. The molecule has 0 saturated carbocycles. The van der Waals surface area contributed by atoms with Gasteiger partial charge in [0.05, 0.1) is 6.61 Å². The molecule has 0 N–H and O–H groups in total. The molecule has 6 nitrogen and oxygen atoms in total. The van der Waals surface area contributed by atoms with Crippen LogP contribution in [0.4, 0.5) is 5.69 Å². The number of aromatic nitrogens is 4. The minimum Gasteiger partial charge on any atom is -0.475 e. The molecule has 0 saturated heterocycles. The standard InChI is InChI=1S/C13H17N5O/c1-3-19-13-11(17-7-5-4-6-8-17)9-12-15-14-10(2)18(12)16-13/h4-5,9H,3,6-8H2,1-2H3. The van der Waals surface area contributed by atoms with Gasteiger partial charge in [0.1, 0.15) is 5.69 Å². The van der Waals surface area contributed by atoms with E-state index in [0.29, 0.717) is 12.5 Å². The van der Waals surface area contributed by atoms with E-state index in [-0.39, 0.29) is 0 Å². The molecule has 0 spiro atoms. The van der Waals surface area contributed by atoms with Crippen LogP contribution in [-0.2, 0) is 0 Å². The molecular formula is C13H17N5O. The van der Waals surface area contributed by atoms with Gasteiger partial charge >= 0.3 is 0 Å². The summed E-state index contributed by atoms with van der Waals surface area (Å²) in [5, 5.41) is 12.7. The van der Waals surface area contributed by atoms with Crippen molar-refractivity contribution in [2.75, 3.05) is 24.6 Å². The van der Waals surface area contributed by atoms with Crippen LogP contribution in [0.1, 0.15) is 19.2 Å². The SMILES string of the molecule is CCOc1nn2c(C)nnc2cc1N1CC=CCC1. The Labute approximate surface area is 111 Å². The fourth-order valence-electron chi connectivity index (χ4n) is 2.24. The number of ether oxygens (including phenoxy) is 1. The maximum absolute atomic E-state index is 5.67. The molecule has 1 aliphatic heterocycles. The molecule has 0 radical (unpaired) electrons. The van der Waals surface area contributed by atoms with Gasteiger partial charge in [-0.1, -0.05) is 12.2 Å². The number of anilines is 1. The number of hydrogen-bond acceptors (Lipinski definition) is 5. The molecule has 2 aromatic rings. The maximum atomic E-state index is 5.67. The quantitative estimate of drug-likeness (QED) is 0.784. The molecule has 2 aromatic heterocycles. The third-order valence-corrected chi connectivity index (χ3v) is 3.18. The molecule has 0 atom stereocenters. The smallest absolute Gasteiger partial charge is 0.255 e. The van der Waals surface area contributed by atoms with Gasteiger partial charge in [-0.05, 0) is 20.3 Å². The Bertz CT molecular complexity index is 619. The Morgan fingerprint density at radius 1 is 1.32 bits per heavy atom. The van der Waals surface area contributed by atoms with Crippen molar-refractivity contribution in [1.29, 1.82) is 0 Å². The van der Waals surface area contributed by atoms with Crippen molar-refractivity contribution in [3.63, 3.8) is 0 Å². The molecule has 3 heterocycles. The minimum atomic E-state index is 0.594. The van der Waals surface area contributed by atoms with E-state index in [0.717, 1.165) is 36.7 Å². The lowest BCUT2D eigenvalue weighted by atomic mass is 10.2. The lowest BCUT2D eigenvalue weighted by Gasteiger charge is -2.26. The predicted molar refractivity (Wildman–Crippen MR) is 72.7 cm³/mol. The number of nitrogens with zero attached hydrogens (tertiary/aromatic N) is 5. The Kier molecular flexibility index (Phi) is 3.06. The second-order valence-electron chi connectivity index (χ2n) is 4.49. The van der Waals surface area contributed by atoms with Gasteiger partial charge in [0.25, 0.3) is 5.88 Å². The third-order valence-electron chi connectivity index (χ3n) is 3.18. The van der Waals surface area contributed by atoms with Crippen molar-refractivity contribution in [2.24, 2.45) is 0 Å². The minimum absolute atomic E-state index is 0.594. The molecule has 0 aliphatic carbocycles. The van der Waals surface area contributed by atoms with Crippen molar-refractivity contribution in [2.45, 2.75) is 20.3 Å². The summed E-state index contributed by atoms with van der Waals surface area (Å²) in [6.07, 6.45) is 5.41. The van der Waals surface area contributed by atoms with Crippen LogP contribution >= 0.6 is 0 Å². The van der Waals surface area contributed by atoms with Crippen LogP contribution in [0.3, 0.4) is 0 Å². The zero-order chi connectivity index (χ0) is 13.2. The van der Waals surface area contributed by atoms with Crippen LogP contribution in [0.5, 0.6) is 5.88 Å². The highest BCUT2D eigenvalue weighted by molar-refractivity contribution is 5.62. The average molecular weight is 259 g/mol. The third kappa shape index (κ3) is 2.14. The molecule has 0 amide bonds. The average Bonchev–Trinajstić information content (AvgIpc) is 2.81. The summed E-state index contributed by atoms with van der Waals surface area (Å²) in [6, 6.07) is 2.00. The monoisotopic (exact) mass is 259 g/mol. The summed E-state index contributed by atoms with van der Waals surface area (Å²) in [5.74, 6) is 1.41. The number of hydrogen-bond donors (Lipinski definition) is 0. The maximum Gasteiger partial charge on any atom is 0.255 e. The normalized spacial score (nSPS) is 15.2. The highest BCUT2D eigenvalue weighted by atomic mass is 16.5. The predicted octanol–water partition coefficient (Wildman–Crippen LogP) is 1.60. The van der Waals surface area contributed by atoms with Crippen LogP contribution in [0, 0.1) is 6.92 Å². The van der Waals surface area contributed by atoms with Crippen LogP contribution in [0.2, 0.25) is 0 Å². The van der Waals surface area contributed by atoms with Crippen molar-refractivity contribution in [3.05, 3.63) is 24.0 Å². The molecule has 3 rings (SSSR count). The van der Waals surface area contributed by atoms with E-state index < -0.39 is 0 Å². The van der Waals surface area contributed by atoms with E-state index in [1.54, 1.807) is 4.52 Å². The van der Waals surface area contributed by atoms with Gasteiger partial charge in [-0.2, -0.15) is 4.52 Å². The first kappa shape index (κ1) is 12.0. The van der Waals surface area contributed by atoms with Crippen LogP contribution in [0.25, 0.3) is 5.65 Å². The van der Waals surface area contributed by atoms with Crippen LogP contribution < -0.4 is 9.64 Å². The fourth-order valence-corrected chi connectivity index (χ4v) is 2.24. The van der Waals surface area contributed by atoms with Gasteiger partial charge in [-0.25, -0.2) is 0 Å². The zero-order valence-corrected chi connectivity index (χ0v) is 11.2. The van der Waals surface area contributed by atoms with E-state index >= 15 is 0 Å². The van der Waals surface area contributed by atoms with E-state index in [4.69, 9.17) is 4.74 Å². The number of fused-ring (bicyclic) bond motifs is 1. The summed E-state index contributed by atoms with van der Waals surface area (Å²) in [5.41, 5.74) is 1.75. The molecule has 6 heteroatoms. The van der Waals surface area contributed by atoms with Crippen LogP contribution in [0.15, 0.2) is 18.2 Å². The Balaban J connectivity index is 2.09. The first-order valence-electron chi connectivity index (χ1n) is 6.55. The topological polar surface area (TPSA) is 55.6 Å². The van der Waals surface area contributed by atoms with E-state index in [1.807, 2.05) is 19.9 Å². The van der Waals surface area contributed by atoms with Crippen molar-refractivity contribution in [3.8, 4) is 5.88 Å². The molecule has 0 unspecified atom stereocenters. The van der Waals surface area contributed by atoms with Crippen LogP contribution in [-0.4, -0.2) is 39.5 Å². The van der Waals surface area contributed by atoms with Crippen molar-refractivity contribution >= 4 is 11.3 Å². The van der Waals surface area contributed by atoms with E-state index in [9.17, 15) is 0 Å². The highest BCUT2D eigenvalue weighted by Crippen LogP contribution is 2.28. The molecule has 0 aromatic carbocycles. The fraction of sp³-hybridized carbons (Fsp3) is 0.462. The second-order valence-corrected chi connectivity index (χ2v) is 4.49.